The highest BCUT2D eigenvalue weighted by atomic mass is 32.1. The molecule has 0 saturated carbocycles. The van der Waals surface area contributed by atoms with Crippen LogP contribution in [-0.4, -0.2) is 44.4 Å². The van der Waals surface area contributed by atoms with Crippen molar-refractivity contribution in [3.8, 4) is 22.1 Å². The summed E-state index contributed by atoms with van der Waals surface area (Å²) in [5.74, 6) is 1.31. The minimum atomic E-state index is -0.0281. The van der Waals surface area contributed by atoms with Crippen molar-refractivity contribution < 1.29 is 19.0 Å². The smallest absolute Gasteiger partial charge is 0.226 e. The molecule has 0 bridgehead atoms. The van der Waals surface area contributed by atoms with E-state index in [0.29, 0.717) is 18.0 Å². The van der Waals surface area contributed by atoms with E-state index in [-0.39, 0.29) is 18.4 Å². The van der Waals surface area contributed by atoms with Gasteiger partial charge in [-0.1, -0.05) is 0 Å². The molecule has 134 valence electrons. The van der Waals surface area contributed by atoms with E-state index in [4.69, 9.17) is 14.2 Å². The van der Waals surface area contributed by atoms with E-state index in [1.54, 1.807) is 14.2 Å². The van der Waals surface area contributed by atoms with Gasteiger partial charge in [0.15, 0.2) is 11.5 Å². The first-order valence-corrected chi connectivity index (χ1v) is 9.12. The summed E-state index contributed by atoms with van der Waals surface area (Å²) in [6.07, 6.45) is 2.51. The minimum absolute atomic E-state index is 0.0281. The highest BCUT2D eigenvalue weighted by Crippen LogP contribution is 2.33. The molecule has 1 aromatic carbocycles. The van der Waals surface area contributed by atoms with Gasteiger partial charge in [-0.05, 0) is 31.0 Å². The van der Waals surface area contributed by atoms with E-state index in [1.807, 2.05) is 23.6 Å². The van der Waals surface area contributed by atoms with Crippen molar-refractivity contribution in [2.75, 3.05) is 27.4 Å². The second-order valence-electron chi connectivity index (χ2n) is 5.83. The Hall–Kier alpha value is -2.12. The van der Waals surface area contributed by atoms with Gasteiger partial charge in [-0.25, -0.2) is 4.98 Å². The molecule has 0 spiro atoms. The van der Waals surface area contributed by atoms with Crippen LogP contribution < -0.4 is 14.8 Å². The Labute approximate surface area is 151 Å². The third-order valence-electron chi connectivity index (χ3n) is 4.07. The molecule has 1 fully saturated rings. The van der Waals surface area contributed by atoms with Crippen LogP contribution in [0.2, 0.25) is 0 Å². The summed E-state index contributed by atoms with van der Waals surface area (Å²) in [5, 5.41) is 5.68. The fraction of sp³-hybridized carbons (Fsp3) is 0.444. The van der Waals surface area contributed by atoms with Crippen LogP contribution in [0.15, 0.2) is 23.6 Å². The number of carbonyl (C=O) groups excluding carboxylic acids is 1. The van der Waals surface area contributed by atoms with Crippen molar-refractivity contribution in [3.63, 3.8) is 0 Å². The predicted molar refractivity (Wildman–Crippen MR) is 96.3 cm³/mol. The first-order chi connectivity index (χ1) is 12.2. The molecule has 0 radical (unpaired) electrons. The molecule has 1 saturated heterocycles. The summed E-state index contributed by atoms with van der Waals surface area (Å²) in [6.45, 7) is 1.37. The summed E-state index contributed by atoms with van der Waals surface area (Å²) < 4.78 is 16.1. The number of thiazole rings is 1. The van der Waals surface area contributed by atoms with Crippen molar-refractivity contribution >= 4 is 17.2 Å². The van der Waals surface area contributed by atoms with Crippen LogP contribution in [0.25, 0.3) is 10.6 Å². The molecule has 3 rings (SSSR count). The average Bonchev–Trinajstić information content (AvgIpc) is 3.31. The highest BCUT2D eigenvalue weighted by molar-refractivity contribution is 7.13. The van der Waals surface area contributed by atoms with Gasteiger partial charge in [0.1, 0.15) is 5.01 Å². The quantitative estimate of drug-likeness (QED) is 0.820. The Balaban J connectivity index is 1.60. The lowest BCUT2D eigenvalue weighted by Crippen LogP contribution is -2.32. The second kappa shape index (κ2) is 8.31. The van der Waals surface area contributed by atoms with Gasteiger partial charge in [0, 0.05) is 24.1 Å². The zero-order chi connectivity index (χ0) is 17.6. The lowest BCUT2D eigenvalue weighted by molar-refractivity contribution is -0.121. The lowest BCUT2D eigenvalue weighted by atomic mass is 10.2. The molecule has 7 heteroatoms. The normalized spacial score (nSPS) is 16.6. The van der Waals surface area contributed by atoms with Gasteiger partial charge in [0.05, 0.1) is 32.4 Å². The molecule has 1 atom stereocenters. The van der Waals surface area contributed by atoms with Gasteiger partial charge in [-0.3, -0.25) is 4.79 Å². The Morgan fingerprint density at radius 3 is 2.92 bits per heavy atom. The van der Waals surface area contributed by atoms with Crippen molar-refractivity contribution in [2.45, 2.75) is 25.4 Å². The molecule has 6 nitrogen and oxygen atoms in total. The van der Waals surface area contributed by atoms with E-state index in [2.05, 4.69) is 10.3 Å². The molecular formula is C18H22N2O4S. The average molecular weight is 362 g/mol. The summed E-state index contributed by atoms with van der Waals surface area (Å²) in [7, 11) is 3.21. The van der Waals surface area contributed by atoms with Crippen LogP contribution in [0.1, 0.15) is 18.5 Å². The van der Waals surface area contributed by atoms with Crippen LogP contribution in [0.3, 0.4) is 0 Å². The zero-order valence-corrected chi connectivity index (χ0v) is 15.2. The number of carbonyl (C=O) groups is 1. The van der Waals surface area contributed by atoms with Crippen LogP contribution in [0.4, 0.5) is 0 Å². The van der Waals surface area contributed by atoms with Gasteiger partial charge in [-0.2, -0.15) is 0 Å². The molecule has 1 N–H and O–H groups in total. The summed E-state index contributed by atoms with van der Waals surface area (Å²) in [4.78, 5) is 16.6. The van der Waals surface area contributed by atoms with Gasteiger partial charge >= 0.3 is 0 Å². The molecule has 1 amide bonds. The maximum atomic E-state index is 12.1. The van der Waals surface area contributed by atoms with Gasteiger partial charge in [0.2, 0.25) is 5.91 Å². The first kappa shape index (κ1) is 17.7. The number of hydrogen-bond acceptors (Lipinski definition) is 6. The van der Waals surface area contributed by atoms with E-state index in [9.17, 15) is 4.79 Å². The topological polar surface area (TPSA) is 69.7 Å². The van der Waals surface area contributed by atoms with Crippen molar-refractivity contribution in [2.24, 2.45) is 0 Å². The Morgan fingerprint density at radius 1 is 1.36 bits per heavy atom. The molecule has 1 aliphatic heterocycles. The molecule has 1 aliphatic rings. The summed E-state index contributed by atoms with van der Waals surface area (Å²) in [5.41, 5.74) is 1.70. The van der Waals surface area contributed by atoms with Gasteiger partial charge in [-0.15, -0.1) is 11.3 Å². The van der Waals surface area contributed by atoms with Crippen LogP contribution in [0, 0.1) is 0 Å². The number of nitrogens with one attached hydrogen (secondary N) is 1. The Bertz CT molecular complexity index is 726. The van der Waals surface area contributed by atoms with E-state index in [0.717, 1.165) is 35.7 Å². The third kappa shape index (κ3) is 4.49. The van der Waals surface area contributed by atoms with E-state index < -0.39 is 0 Å². The molecule has 2 heterocycles. The summed E-state index contributed by atoms with van der Waals surface area (Å²) in [6, 6.07) is 5.67. The largest absolute Gasteiger partial charge is 0.493 e. The number of nitrogens with zero attached hydrogens (tertiary/aromatic N) is 1. The standard InChI is InChI=1S/C18H22N2O4S/c1-22-15-6-5-12(8-16(15)23-2)18-20-13(11-25-18)9-17(21)19-10-14-4-3-7-24-14/h5-6,8,11,14H,3-4,7,9-10H2,1-2H3,(H,19,21)/t14-/m1/s1. The maximum Gasteiger partial charge on any atom is 0.226 e. The number of amides is 1. The SMILES string of the molecule is COc1ccc(-c2nc(CC(=O)NC[C@H]3CCCO3)cs2)cc1OC. The molecule has 0 aliphatic carbocycles. The minimum Gasteiger partial charge on any atom is -0.493 e. The zero-order valence-electron chi connectivity index (χ0n) is 14.4. The number of benzene rings is 1. The van der Waals surface area contributed by atoms with Crippen LogP contribution in [0.5, 0.6) is 11.5 Å². The fourth-order valence-corrected chi connectivity index (χ4v) is 3.57. The maximum absolute atomic E-state index is 12.1. The number of ether oxygens (including phenoxy) is 3. The Kier molecular flexibility index (Phi) is 5.88. The van der Waals surface area contributed by atoms with Gasteiger partial charge in [0.25, 0.3) is 0 Å². The fourth-order valence-electron chi connectivity index (χ4n) is 2.75. The molecular weight excluding hydrogens is 340 g/mol. The highest BCUT2D eigenvalue weighted by Gasteiger charge is 2.17. The second-order valence-corrected chi connectivity index (χ2v) is 6.69. The van der Waals surface area contributed by atoms with Crippen molar-refractivity contribution in [3.05, 3.63) is 29.3 Å². The lowest BCUT2D eigenvalue weighted by Gasteiger charge is -2.10. The van der Waals surface area contributed by atoms with Crippen LogP contribution >= 0.6 is 11.3 Å². The third-order valence-corrected chi connectivity index (χ3v) is 5.01. The van der Waals surface area contributed by atoms with Crippen molar-refractivity contribution in [1.82, 2.24) is 10.3 Å². The van der Waals surface area contributed by atoms with Crippen molar-refractivity contribution in [1.29, 1.82) is 0 Å². The monoisotopic (exact) mass is 362 g/mol. The Morgan fingerprint density at radius 2 is 2.20 bits per heavy atom. The molecule has 0 unspecified atom stereocenters. The number of rotatable bonds is 7. The van der Waals surface area contributed by atoms with Crippen LogP contribution in [-0.2, 0) is 16.0 Å². The van der Waals surface area contributed by atoms with E-state index in [1.165, 1.54) is 11.3 Å². The molecule has 2 aromatic rings. The number of methoxy groups -OCH3 is 2. The molecule has 25 heavy (non-hydrogen) atoms. The predicted octanol–water partition coefficient (Wildman–Crippen LogP) is 2.67. The summed E-state index contributed by atoms with van der Waals surface area (Å²) >= 11 is 1.51. The first-order valence-electron chi connectivity index (χ1n) is 8.24. The number of hydrogen-bond donors (Lipinski definition) is 1. The molecule has 1 aromatic heterocycles. The number of aromatic nitrogens is 1. The van der Waals surface area contributed by atoms with E-state index >= 15 is 0 Å². The van der Waals surface area contributed by atoms with Gasteiger partial charge < -0.3 is 19.5 Å².